The molecule has 0 bridgehead atoms. The van der Waals surface area contributed by atoms with Gasteiger partial charge in [0.15, 0.2) is 0 Å². The second-order valence-electron chi connectivity index (χ2n) is 3.01. The average Bonchev–Trinajstić information content (AvgIpc) is 2.18. The molecule has 2 rings (SSSR count). The van der Waals surface area contributed by atoms with Crippen molar-refractivity contribution in [2.75, 3.05) is 0 Å². The molecule has 0 saturated heterocycles. The molecule has 1 aromatic heterocycles. The van der Waals surface area contributed by atoms with Gasteiger partial charge < -0.3 is 4.98 Å². The molecule has 4 heteroatoms. The Hall–Kier alpha value is -1.71. The van der Waals surface area contributed by atoms with E-state index in [-0.39, 0.29) is 5.52 Å². The summed E-state index contributed by atoms with van der Waals surface area (Å²) in [5, 5.41) is 0.673. The largest absolute Gasteiger partial charge is 0.345 e. The van der Waals surface area contributed by atoms with E-state index in [1.807, 2.05) is 6.92 Å². The number of rotatable bonds is 1. The molecule has 0 spiro atoms. The quantitative estimate of drug-likeness (QED) is 0.746. The Kier molecular flexibility index (Phi) is 2.04. The van der Waals surface area contributed by atoms with Crippen LogP contribution in [0.1, 0.15) is 12.6 Å². The Morgan fingerprint density at radius 2 is 2.29 bits per heavy atom. The predicted molar refractivity (Wildman–Crippen MR) is 51.7 cm³/mol. The predicted octanol–water partition coefficient (Wildman–Crippen LogP) is 1.62. The van der Waals surface area contributed by atoms with Gasteiger partial charge in [-0.3, -0.25) is 0 Å². The van der Waals surface area contributed by atoms with Crippen LogP contribution in [-0.2, 0) is 6.42 Å². The number of para-hydroxylation sites is 1. The molecule has 72 valence electrons. The Balaban J connectivity index is 2.94. The van der Waals surface area contributed by atoms with Crippen LogP contribution in [0, 0.1) is 5.82 Å². The lowest BCUT2D eigenvalue weighted by molar-refractivity contribution is 0.635. The number of nitrogens with zero attached hydrogens (tertiary/aromatic N) is 1. The molecule has 0 fully saturated rings. The summed E-state index contributed by atoms with van der Waals surface area (Å²) in [6.07, 6.45) is 0.651. The molecule has 0 aliphatic carbocycles. The Bertz CT molecular complexity index is 533. The van der Waals surface area contributed by atoms with Crippen molar-refractivity contribution in [3.63, 3.8) is 0 Å². The maximum absolute atomic E-state index is 13.3. The number of fused-ring (bicyclic) bond motifs is 1. The fraction of sp³-hybridized carbons (Fsp3) is 0.200. The topological polar surface area (TPSA) is 45.8 Å². The number of aromatic amines is 1. The fourth-order valence-corrected chi connectivity index (χ4v) is 1.48. The smallest absolute Gasteiger partial charge is 0.309 e. The van der Waals surface area contributed by atoms with Gasteiger partial charge in [-0.05, 0) is 12.5 Å². The first-order valence-electron chi connectivity index (χ1n) is 4.39. The van der Waals surface area contributed by atoms with E-state index < -0.39 is 11.5 Å². The third kappa shape index (κ3) is 1.28. The lowest BCUT2D eigenvalue weighted by Gasteiger charge is -2.02. The third-order valence-electron chi connectivity index (χ3n) is 2.14. The van der Waals surface area contributed by atoms with Crippen LogP contribution in [0.25, 0.3) is 10.9 Å². The maximum Gasteiger partial charge on any atom is 0.345 e. The summed E-state index contributed by atoms with van der Waals surface area (Å²) in [5.74, 6) is -0.455. The van der Waals surface area contributed by atoms with Gasteiger partial charge in [0.05, 0.1) is 0 Å². The first kappa shape index (κ1) is 8.87. The van der Waals surface area contributed by atoms with Gasteiger partial charge in [-0.1, -0.05) is 19.1 Å². The highest BCUT2D eigenvalue weighted by molar-refractivity contribution is 5.81. The van der Waals surface area contributed by atoms with Crippen LogP contribution in [0.15, 0.2) is 23.0 Å². The van der Waals surface area contributed by atoms with Crippen molar-refractivity contribution in [2.24, 2.45) is 0 Å². The molecule has 1 N–H and O–H groups in total. The molecule has 0 amide bonds. The van der Waals surface area contributed by atoms with Crippen molar-refractivity contribution in [1.29, 1.82) is 0 Å². The third-order valence-corrected chi connectivity index (χ3v) is 2.14. The highest BCUT2D eigenvalue weighted by Crippen LogP contribution is 2.16. The van der Waals surface area contributed by atoms with E-state index in [0.717, 1.165) is 5.69 Å². The van der Waals surface area contributed by atoms with Crippen LogP contribution in [0.2, 0.25) is 0 Å². The lowest BCUT2D eigenvalue weighted by Crippen LogP contribution is -2.13. The summed E-state index contributed by atoms with van der Waals surface area (Å²) < 4.78 is 13.3. The van der Waals surface area contributed by atoms with Crippen LogP contribution >= 0.6 is 0 Å². The number of H-pyrrole nitrogens is 1. The number of aryl methyl sites for hydroxylation is 1. The van der Waals surface area contributed by atoms with Crippen molar-refractivity contribution in [2.45, 2.75) is 13.3 Å². The number of nitrogens with one attached hydrogen (secondary N) is 1. The van der Waals surface area contributed by atoms with Crippen molar-refractivity contribution in [1.82, 2.24) is 9.97 Å². The maximum atomic E-state index is 13.3. The number of halogens is 1. The monoisotopic (exact) mass is 192 g/mol. The van der Waals surface area contributed by atoms with Gasteiger partial charge in [-0.25, -0.2) is 9.18 Å². The molecule has 0 saturated carbocycles. The fourth-order valence-electron chi connectivity index (χ4n) is 1.48. The molecule has 0 aliphatic rings. The van der Waals surface area contributed by atoms with Crippen molar-refractivity contribution in [3.8, 4) is 0 Å². The van der Waals surface area contributed by atoms with Gasteiger partial charge >= 0.3 is 5.69 Å². The van der Waals surface area contributed by atoms with E-state index in [1.165, 1.54) is 6.07 Å². The molecule has 14 heavy (non-hydrogen) atoms. The summed E-state index contributed by atoms with van der Waals surface area (Å²) in [6.45, 7) is 1.90. The summed E-state index contributed by atoms with van der Waals surface area (Å²) >= 11 is 0. The average molecular weight is 192 g/mol. The van der Waals surface area contributed by atoms with E-state index in [1.54, 1.807) is 12.1 Å². The molecule has 0 atom stereocenters. The van der Waals surface area contributed by atoms with E-state index in [2.05, 4.69) is 9.97 Å². The molecule has 0 unspecified atom stereocenters. The second kappa shape index (κ2) is 3.21. The summed E-state index contributed by atoms with van der Waals surface area (Å²) in [4.78, 5) is 17.3. The van der Waals surface area contributed by atoms with Gasteiger partial charge in [0.2, 0.25) is 0 Å². The molecule has 0 radical (unpaired) electrons. The summed E-state index contributed by atoms with van der Waals surface area (Å²) in [7, 11) is 0. The lowest BCUT2D eigenvalue weighted by atomic mass is 10.1. The number of aromatic nitrogens is 2. The highest BCUT2D eigenvalue weighted by Gasteiger charge is 2.06. The number of hydrogen-bond donors (Lipinski definition) is 1. The summed E-state index contributed by atoms with van der Waals surface area (Å²) in [6, 6.07) is 4.66. The van der Waals surface area contributed by atoms with Gasteiger partial charge in [0.1, 0.15) is 11.3 Å². The standard InChI is InChI=1S/C10H9FN2O/c1-2-8-6-4-3-5-7(11)9(6)13-10(14)12-8/h3-5H,2H2,1H3,(H,12,13,14). The minimum atomic E-state index is -0.501. The van der Waals surface area contributed by atoms with E-state index >= 15 is 0 Å². The molecular formula is C10H9FN2O. The highest BCUT2D eigenvalue weighted by atomic mass is 19.1. The van der Waals surface area contributed by atoms with Crippen LogP contribution < -0.4 is 5.69 Å². The van der Waals surface area contributed by atoms with E-state index in [9.17, 15) is 9.18 Å². The van der Waals surface area contributed by atoms with Crippen molar-refractivity contribution < 1.29 is 4.39 Å². The Labute approximate surface area is 79.6 Å². The number of benzene rings is 1. The summed E-state index contributed by atoms with van der Waals surface area (Å²) in [5.41, 5.74) is 0.368. The zero-order valence-electron chi connectivity index (χ0n) is 7.67. The van der Waals surface area contributed by atoms with Crippen molar-refractivity contribution >= 4 is 10.9 Å². The molecule has 0 aliphatic heterocycles. The normalized spacial score (nSPS) is 10.7. The van der Waals surface area contributed by atoms with Crippen LogP contribution in [0.5, 0.6) is 0 Å². The minimum absolute atomic E-state index is 0.146. The zero-order valence-corrected chi connectivity index (χ0v) is 7.67. The van der Waals surface area contributed by atoms with Gasteiger partial charge in [0.25, 0.3) is 0 Å². The molecular weight excluding hydrogens is 183 g/mol. The second-order valence-corrected chi connectivity index (χ2v) is 3.01. The van der Waals surface area contributed by atoms with Crippen molar-refractivity contribution in [3.05, 3.63) is 40.2 Å². The first-order chi connectivity index (χ1) is 6.72. The minimum Gasteiger partial charge on any atom is -0.309 e. The van der Waals surface area contributed by atoms with Crippen LogP contribution in [-0.4, -0.2) is 9.97 Å². The molecule has 1 heterocycles. The van der Waals surface area contributed by atoms with Gasteiger partial charge in [-0.15, -0.1) is 0 Å². The van der Waals surface area contributed by atoms with Crippen LogP contribution in [0.4, 0.5) is 4.39 Å². The van der Waals surface area contributed by atoms with Gasteiger partial charge in [0, 0.05) is 11.1 Å². The number of hydrogen-bond acceptors (Lipinski definition) is 2. The SMILES string of the molecule is CCc1[nH]c(=O)nc2c(F)cccc12. The first-order valence-corrected chi connectivity index (χ1v) is 4.39. The van der Waals surface area contributed by atoms with E-state index in [4.69, 9.17) is 0 Å². The Morgan fingerprint density at radius 1 is 1.50 bits per heavy atom. The molecule has 3 nitrogen and oxygen atoms in total. The van der Waals surface area contributed by atoms with Gasteiger partial charge in [-0.2, -0.15) is 4.98 Å². The van der Waals surface area contributed by atoms with Crippen LogP contribution in [0.3, 0.4) is 0 Å². The molecule has 1 aromatic carbocycles. The van der Waals surface area contributed by atoms with E-state index in [0.29, 0.717) is 11.8 Å². The Morgan fingerprint density at radius 3 is 3.00 bits per heavy atom. The molecule has 2 aromatic rings. The zero-order chi connectivity index (χ0) is 10.1.